The zero-order chi connectivity index (χ0) is 9.14. The molecule has 0 aliphatic carbocycles. The summed E-state index contributed by atoms with van der Waals surface area (Å²) in [4.78, 5) is 1.13. The molecule has 74 valence electrons. The van der Waals surface area contributed by atoms with Gasteiger partial charge in [-0.05, 0) is 25.5 Å². The molecule has 0 spiro atoms. The Morgan fingerprint density at radius 1 is 1.69 bits per heavy atom. The number of nitrogens with two attached hydrogens (primary N) is 1. The van der Waals surface area contributed by atoms with Crippen LogP contribution < -0.4 is 5.73 Å². The maximum absolute atomic E-state index is 5.90. The molecule has 1 heterocycles. The van der Waals surface area contributed by atoms with Crippen molar-refractivity contribution in [2.24, 2.45) is 5.73 Å². The Balaban J connectivity index is 0.00000144. The van der Waals surface area contributed by atoms with Crippen molar-refractivity contribution < 1.29 is 0 Å². The Bertz CT molecular complexity index is 283. The summed E-state index contributed by atoms with van der Waals surface area (Å²) in [5.74, 6) is 0. The van der Waals surface area contributed by atoms with Gasteiger partial charge in [-0.15, -0.1) is 30.3 Å². The number of hydrogen-bond acceptors (Lipinski definition) is 2. The van der Waals surface area contributed by atoms with Gasteiger partial charge < -0.3 is 5.73 Å². The minimum absolute atomic E-state index is 0. The summed E-state index contributed by atoms with van der Waals surface area (Å²) in [7, 11) is 0. The molecule has 0 amide bonds. The molecule has 1 aromatic rings. The zero-order valence-corrected chi connectivity index (χ0v) is 9.81. The minimum atomic E-state index is 0. The second kappa shape index (κ2) is 5.66. The highest BCUT2D eigenvalue weighted by Crippen LogP contribution is 2.28. The van der Waals surface area contributed by atoms with Gasteiger partial charge in [-0.25, -0.2) is 0 Å². The standard InChI is InChI=1S/C9H12ClNS.ClH/c1-6(2)5-7(11)8-3-4-9(10)12-8;/h3-4,7H,1,5,11H2,2H3;1H/t7-;/m0./s1. The normalized spacial score (nSPS) is 11.9. The molecular weight excluding hydrogens is 225 g/mol. The average molecular weight is 238 g/mol. The van der Waals surface area contributed by atoms with E-state index >= 15 is 0 Å². The lowest BCUT2D eigenvalue weighted by Crippen LogP contribution is -2.08. The van der Waals surface area contributed by atoms with Crippen molar-refractivity contribution in [1.82, 2.24) is 0 Å². The van der Waals surface area contributed by atoms with Crippen LogP contribution in [0.5, 0.6) is 0 Å². The molecule has 1 rings (SSSR count). The van der Waals surface area contributed by atoms with Crippen molar-refractivity contribution in [3.63, 3.8) is 0 Å². The van der Waals surface area contributed by atoms with E-state index in [-0.39, 0.29) is 18.4 Å². The quantitative estimate of drug-likeness (QED) is 0.796. The summed E-state index contributed by atoms with van der Waals surface area (Å²) in [6.45, 7) is 5.80. The van der Waals surface area contributed by atoms with Crippen molar-refractivity contribution in [3.05, 3.63) is 33.5 Å². The van der Waals surface area contributed by atoms with Gasteiger partial charge in [0.2, 0.25) is 0 Å². The fourth-order valence-electron chi connectivity index (χ4n) is 1.00. The Hall–Kier alpha value is -0.0200. The van der Waals surface area contributed by atoms with E-state index < -0.39 is 0 Å². The first-order valence-corrected chi connectivity index (χ1v) is 4.94. The fraction of sp³-hybridized carbons (Fsp3) is 0.333. The van der Waals surface area contributed by atoms with Gasteiger partial charge in [0.15, 0.2) is 0 Å². The molecule has 0 unspecified atom stereocenters. The first-order chi connectivity index (χ1) is 5.59. The van der Waals surface area contributed by atoms with Crippen LogP contribution in [0.1, 0.15) is 24.3 Å². The lowest BCUT2D eigenvalue weighted by atomic mass is 10.1. The van der Waals surface area contributed by atoms with Crippen molar-refractivity contribution in [1.29, 1.82) is 0 Å². The van der Waals surface area contributed by atoms with Gasteiger partial charge >= 0.3 is 0 Å². The van der Waals surface area contributed by atoms with Gasteiger partial charge in [-0.3, -0.25) is 0 Å². The Morgan fingerprint density at radius 2 is 2.31 bits per heavy atom. The van der Waals surface area contributed by atoms with Crippen LogP contribution in [0.2, 0.25) is 4.34 Å². The molecular formula is C9H13Cl2NS. The van der Waals surface area contributed by atoms with Crippen LogP contribution in [0.3, 0.4) is 0 Å². The smallest absolute Gasteiger partial charge is 0.0931 e. The van der Waals surface area contributed by atoms with Crippen LogP contribution in [0, 0.1) is 0 Å². The summed E-state index contributed by atoms with van der Waals surface area (Å²) >= 11 is 7.32. The van der Waals surface area contributed by atoms with E-state index in [4.69, 9.17) is 17.3 Å². The summed E-state index contributed by atoms with van der Waals surface area (Å²) < 4.78 is 0.794. The molecule has 13 heavy (non-hydrogen) atoms. The fourth-order valence-corrected chi connectivity index (χ4v) is 2.07. The largest absolute Gasteiger partial charge is 0.323 e. The second-order valence-corrected chi connectivity index (χ2v) is 4.66. The van der Waals surface area contributed by atoms with Gasteiger partial charge in [0, 0.05) is 10.9 Å². The average Bonchev–Trinajstić information content (AvgIpc) is 2.34. The second-order valence-electron chi connectivity index (χ2n) is 2.91. The van der Waals surface area contributed by atoms with Gasteiger partial charge in [0.25, 0.3) is 0 Å². The molecule has 0 bridgehead atoms. The first-order valence-electron chi connectivity index (χ1n) is 3.75. The number of rotatable bonds is 3. The van der Waals surface area contributed by atoms with E-state index in [1.807, 2.05) is 19.1 Å². The number of halogens is 2. The van der Waals surface area contributed by atoms with Crippen molar-refractivity contribution in [3.8, 4) is 0 Å². The lowest BCUT2D eigenvalue weighted by molar-refractivity contribution is 0.731. The monoisotopic (exact) mass is 237 g/mol. The highest BCUT2D eigenvalue weighted by atomic mass is 35.5. The zero-order valence-electron chi connectivity index (χ0n) is 7.42. The molecule has 0 radical (unpaired) electrons. The molecule has 0 saturated heterocycles. The van der Waals surface area contributed by atoms with Gasteiger partial charge in [-0.1, -0.05) is 17.2 Å². The van der Waals surface area contributed by atoms with Crippen LogP contribution in [0.25, 0.3) is 0 Å². The molecule has 2 N–H and O–H groups in total. The molecule has 4 heteroatoms. The topological polar surface area (TPSA) is 26.0 Å². The molecule has 0 saturated carbocycles. The lowest BCUT2D eigenvalue weighted by Gasteiger charge is -2.07. The third kappa shape index (κ3) is 4.14. The molecule has 1 aromatic heterocycles. The molecule has 0 fully saturated rings. The summed E-state index contributed by atoms with van der Waals surface area (Å²) in [6.07, 6.45) is 0.830. The maximum Gasteiger partial charge on any atom is 0.0931 e. The SMILES string of the molecule is C=C(C)C[C@H](N)c1ccc(Cl)s1.Cl. The Labute approximate surface area is 94.0 Å². The van der Waals surface area contributed by atoms with Gasteiger partial charge in [-0.2, -0.15) is 0 Å². The predicted octanol–water partition coefficient (Wildman–Crippen LogP) is 3.79. The van der Waals surface area contributed by atoms with E-state index in [2.05, 4.69) is 6.58 Å². The molecule has 0 aliphatic rings. The van der Waals surface area contributed by atoms with E-state index in [0.29, 0.717) is 0 Å². The van der Waals surface area contributed by atoms with Crippen molar-refractivity contribution in [2.45, 2.75) is 19.4 Å². The third-order valence-electron chi connectivity index (χ3n) is 1.53. The van der Waals surface area contributed by atoms with E-state index in [1.165, 1.54) is 11.3 Å². The van der Waals surface area contributed by atoms with Crippen molar-refractivity contribution in [2.75, 3.05) is 0 Å². The van der Waals surface area contributed by atoms with Crippen LogP contribution in [0.15, 0.2) is 24.3 Å². The maximum atomic E-state index is 5.90. The van der Waals surface area contributed by atoms with Crippen LogP contribution in [-0.4, -0.2) is 0 Å². The third-order valence-corrected chi connectivity index (χ3v) is 2.89. The van der Waals surface area contributed by atoms with E-state index in [1.54, 1.807) is 0 Å². The van der Waals surface area contributed by atoms with Crippen LogP contribution in [0.4, 0.5) is 0 Å². The molecule has 0 aromatic carbocycles. The molecule has 0 aliphatic heterocycles. The first kappa shape index (κ1) is 13.0. The van der Waals surface area contributed by atoms with Gasteiger partial charge in [0.05, 0.1) is 4.34 Å². The number of hydrogen-bond donors (Lipinski definition) is 1. The summed E-state index contributed by atoms with van der Waals surface area (Å²) in [5, 5.41) is 0. The van der Waals surface area contributed by atoms with Crippen LogP contribution >= 0.6 is 35.3 Å². The minimum Gasteiger partial charge on any atom is -0.323 e. The van der Waals surface area contributed by atoms with E-state index in [9.17, 15) is 0 Å². The molecule has 1 nitrogen and oxygen atoms in total. The predicted molar refractivity (Wildman–Crippen MR) is 62.9 cm³/mol. The number of thiophene rings is 1. The van der Waals surface area contributed by atoms with Crippen LogP contribution in [-0.2, 0) is 0 Å². The highest BCUT2D eigenvalue weighted by molar-refractivity contribution is 7.16. The van der Waals surface area contributed by atoms with E-state index in [0.717, 1.165) is 21.2 Å². The highest BCUT2D eigenvalue weighted by Gasteiger charge is 2.07. The summed E-state index contributed by atoms with van der Waals surface area (Å²) in [6, 6.07) is 3.90. The van der Waals surface area contributed by atoms with Gasteiger partial charge in [0.1, 0.15) is 0 Å². The Kier molecular flexibility index (Phi) is 5.65. The summed E-state index contributed by atoms with van der Waals surface area (Å²) in [5.41, 5.74) is 7.00. The van der Waals surface area contributed by atoms with Crippen molar-refractivity contribution >= 4 is 35.3 Å². The molecule has 1 atom stereocenters. The Morgan fingerprint density at radius 3 is 2.69 bits per heavy atom.